The molecule has 3 N–H and O–H groups in total. The number of benzene rings is 2. The van der Waals surface area contributed by atoms with Crippen LogP contribution in [-0.2, 0) is 9.84 Å². The quantitative estimate of drug-likeness (QED) is 0.849. The van der Waals surface area contributed by atoms with Gasteiger partial charge in [-0.25, -0.2) is 8.42 Å². The molecule has 0 fully saturated rings. The Hall–Kier alpha value is -2.05. The van der Waals surface area contributed by atoms with Crippen molar-refractivity contribution in [1.82, 2.24) is 0 Å². The van der Waals surface area contributed by atoms with E-state index in [4.69, 9.17) is 17.3 Å². The number of carbonyl (C=O) groups excluding carboxylic acids is 1. The minimum absolute atomic E-state index is 0.130. The van der Waals surface area contributed by atoms with Crippen molar-refractivity contribution in [3.8, 4) is 0 Å². The van der Waals surface area contributed by atoms with Crippen LogP contribution in [0.25, 0.3) is 0 Å². The van der Waals surface area contributed by atoms with Crippen molar-refractivity contribution < 1.29 is 13.2 Å². The third-order valence-electron chi connectivity index (χ3n) is 2.70. The number of nitrogen functional groups attached to an aromatic ring is 1. The minimum Gasteiger partial charge on any atom is -0.399 e. The van der Waals surface area contributed by atoms with Crippen LogP contribution >= 0.6 is 11.6 Å². The molecule has 0 aliphatic carbocycles. The maximum atomic E-state index is 12.1. The second-order valence-electron chi connectivity index (χ2n) is 4.53. The lowest BCUT2D eigenvalue weighted by Crippen LogP contribution is -2.12. The van der Waals surface area contributed by atoms with Crippen LogP contribution in [0, 0.1) is 0 Å². The van der Waals surface area contributed by atoms with Gasteiger partial charge in [0.05, 0.1) is 4.90 Å². The molecule has 0 aromatic heterocycles. The number of halogens is 1. The monoisotopic (exact) mass is 324 g/mol. The number of sulfone groups is 1. The lowest BCUT2D eigenvalue weighted by Gasteiger charge is -2.08. The second kappa shape index (κ2) is 5.75. The highest BCUT2D eigenvalue weighted by Gasteiger charge is 2.11. The average molecular weight is 325 g/mol. The maximum absolute atomic E-state index is 12.1. The van der Waals surface area contributed by atoms with Crippen molar-refractivity contribution in [3.05, 3.63) is 53.1 Å². The molecular formula is C14H13ClN2O3S. The zero-order chi connectivity index (χ0) is 15.6. The predicted octanol–water partition coefficient (Wildman–Crippen LogP) is 2.58. The van der Waals surface area contributed by atoms with E-state index in [1.165, 1.54) is 30.3 Å². The number of carbonyl (C=O) groups is 1. The van der Waals surface area contributed by atoms with Crippen LogP contribution in [0.4, 0.5) is 11.4 Å². The van der Waals surface area contributed by atoms with Gasteiger partial charge < -0.3 is 11.1 Å². The topological polar surface area (TPSA) is 89.3 Å². The van der Waals surface area contributed by atoms with Crippen LogP contribution in [-0.4, -0.2) is 20.6 Å². The van der Waals surface area contributed by atoms with E-state index >= 15 is 0 Å². The molecule has 2 rings (SSSR count). The molecule has 0 saturated heterocycles. The van der Waals surface area contributed by atoms with E-state index in [0.29, 0.717) is 22.0 Å². The molecule has 0 spiro atoms. The molecule has 0 bridgehead atoms. The van der Waals surface area contributed by atoms with Crippen LogP contribution in [0.15, 0.2) is 47.4 Å². The van der Waals surface area contributed by atoms with Gasteiger partial charge in [0.15, 0.2) is 9.84 Å². The number of rotatable bonds is 3. The first-order valence-electron chi connectivity index (χ1n) is 5.93. The summed E-state index contributed by atoms with van der Waals surface area (Å²) < 4.78 is 23.0. The van der Waals surface area contributed by atoms with Crippen molar-refractivity contribution >= 4 is 38.7 Å². The predicted molar refractivity (Wildman–Crippen MR) is 83.4 cm³/mol. The van der Waals surface area contributed by atoms with Gasteiger partial charge in [0, 0.05) is 28.2 Å². The van der Waals surface area contributed by atoms with Gasteiger partial charge in [0.2, 0.25) is 0 Å². The van der Waals surface area contributed by atoms with Crippen molar-refractivity contribution in [3.63, 3.8) is 0 Å². The smallest absolute Gasteiger partial charge is 0.255 e. The van der Waals surface area contributed by atoms with Crippen molar-refractivity contribution in [2.45, 2.75) is 4.90 Å². The van der Waals surface area contributed by atoms with Crippen molar-refractivity contribution in [2.24, 2.45) is 0 Å². The molecule has 0 aliphatic rings. The molecule has 7 heteroatoms. The van der Waals surface area contributed by atoms with Crippen LogP contribution in [0.1, 0.15) is 10.4 Å². The normalized spacial score (nSPS) is 11.1. The van der Waals surface area contributed by atoms with Gasteiger partial charge in [-0.15, -0.1) is 0 Å². The number of nitrogens with one attached hydrogen (secondary N) is 1. The van der Waals surface area contributed by atoms with Crippen LogP contribution < -0.4 is 11.1 Å². The molecule has 110 valence electrons. The lowest BCUT2D eigenvalue weighted by atomic mass is 10.2. The van der Waals surface area contributed by atoms with Gasteiger partial charge in [-0.1, -0.05) is 17.7 Å². The molecule has 0 radical (unpaired) electrons. The van der Waals surface area contributed by atoms with Gasteiger partial charge in [-0.05, 0) is 36.4 Å². The third-order valence-corrected chi connectivity index (χ3v) is 4.03. The fourth-order valence-electron chi connectivity index (χ4n) is 1.75. The summed E-state index contributed by atoms with van der Waals surface area (Å²) >= 11 is 5.84. The van der Waals surface area contributed by atoms with E-state index < -0.39 is 15.7 Å². The van der Waals surface area contributed by atoms with Crippen LogP contribution in [0.2, 0.25) is 5.02 Å². The third kappa shape index (κ3) is 3.96. The zero-order valence-corrected chi connectivity index (χ0v) is 12.7. The first kappa shape index (κ1) is 15.3. The summed E-state index contributed by atoms with van der Waals surface area (Å²) in [7, 11) is -3.33. The minimum atomic E-state index is -3.33. The van der Waals surface area contributed by atoms with Gasteiger partial charge in [-0.2, -0.15) is 0 Å². The highest BCUT2D eigenvalue weighted by atomic mass is 35.5. The summed E-state index contributed by atoms with van der Waals surface area (Å²) in [5.74, 6) is -0.421. The molecule has 0 saturated carbocycles. The van der Waals surface area contributed by atoms with E-state index in [-0.39, 0.29) is 4.90 Å². The molecule has 0 atom stereocenters. The largest absolute Gasteiger partial charge is 0.399 e. The standard InChI is InChI=1S/C14H13ClN2O3S/c1-21(19,20)13-4-2-3-12(8-13)17-14(18)9-5-10(15)7-11(16)6-9/h2-8H,16H2,1H3,(H,17,18). The number of anilines is 2. The van der Waals surface area contributed by atoms with Gasteiger partial charge >= 0.3 is 0 Å². The highest BCUT2D eigenvalue weighted by molar-refractivity contribution is 7.90. The van der Waals surface area contributed by atoms with E-state index in [9.17, 15) is 13.2 Å². The fraction of sp³-hybridized carbons (Fsp3) is 0.0714. The molecule has 1 amide bonds. The van der Waals surface area contributed by atoms with Gasteiger partial charge in [-0.3, -0.25) is 4.79 Å². The molecule has 2 aromatic rings. The number of hydrogen-bond donors (Lipinski definition) is 2. The van der Waals surface area contributed by atoms with Gasteiger partial charge in [0.25, 0.3) is 5.91 Å². The van der Waals surface area contributed by atoms with E-state index in [0.717, 1.165) is 6.26 Å². The highest BCUT2D eigenvalue weighted by Crippen LogP contribution is 2.19. The molecule has 2 aromatic carbocycles. The summed E-state index contributed by atoms with van der Waals surface area (Å²) in [6.07, 6.45) is 1.10. The van der Waals surface area contributed by atoms with Crippen LogP contribution in [0.5, 0.6) is 0 Å². The Morgan fingerprint density at radius 3 is 2.52 bits per heavy atom. The van der Waals surface area contributed by atoms with E-state index in [1.54, 1.807) is 12.1 Å². The fourth-order valence-corrected chi connectivity index (χ4v) is 2.66. The average Bonchev–Trinajstić information content (AvgIpc) is 2.37. The Morgan fingerprint density at radius 2 is 1.90 bits per heavy atom. The Bertz CT molecular complexity index is 783. The Balaban J connectivity index is 2.28. The SMILES string of the molecule is CS(=O)(=O)c1cccc(NC(=O)c2cc(N)cc(Cl)c2)c1. The Kier molecular flexibility index (Phi) is 4.20. The number of hydrogen-bond acceptors (Lipinski definition) is 4. The first-order chi connectivity index (χ1) is 9.75. The Labute approximate surface area is 127 Å². The van der Waals surface area contributed by atoms with Gasteiger partial charge in [0.1, 0.15) is 0 Å². The molecule has 0 unspecified atom stereocenters. The van der Waals surface area contributed by atoms with E-state index in [2.05, 4.69) is 5.32 Å². The summed E-state index contributed by atoms with van der Waals surface area (Å²) in [4.78, 5) is 12.2. The summed E-state index contributed by atoms with van der Waals surface area (Å²) in [5, 5.41) is 2.96. The molecule has 21 heavy (non-hydrogen) atoms. The summed E-state index contributed by atoms with van der Waals surface area (Å²) in [5.41, 5.74) is 6.67. The van der Waals surface area contributed by atoms with Crippen LogP contribution in [0.3, 0.4) is 0 Å². The lowest BCUT2D eigenvalue weighted by molar-refractivity contribution is 0.102. The zero-order valence-electron chi connectivity index (χ0n) is 11.1. The maximum Gasteiger partial charge on any atom is 0.255 e. The molecular weight excluding hydrogens is 312 g/mol. The van der Waals surface area contributed by atoms with Crippen molar-refractivity contribution in [2.75, 3.05) is 17.3 Å². The number of nitrogens with two attached hydrogens (primary N) is 1. The molecule has 0 heterocycles. The van der Waals surface area contributed by atoms with E-state index in [1.807, 2.05) is 0 Å². The number of amides is 1. The second-order valence-corrected chi connectivity index (χ2v) is 6.98. The van der Waals surface area contributed by atoms with Crippen molar-refractivity contribution in [1.29, 1.82) is 0 Å². The summed E-state index contributed by atoms with van der Waals surface area (Å²) in [6, 6.07) is 10.5. The molecule has 5 nitrogen and oxygen atoms in total. The first-order valence-corrected chi connectivity index (χ1v) is 8.20. The molecule has 0 aliphatic heterocycles. The summed E-state index contributed by atoms with van der Waals surface area (Å²) in [6.45, 7) is 0. The Morgan fingerprint density at radius 1 is 1.19 bits per heavy atom.